The highest BCUT2D eigenvalue weighted by Crippen LogP contribution is 2.28. The van der Waals surface area contributed by atoms with Gasteiger partial charge in [0.25, 0.3) is 0 Å². The van der Waals surface area contributed by atoms with Gasteiger partial charge < -0.3 is 5.73 Å². The third-order valence-corrected chi connectivity index (χ3v) is 2.39. The van der Waals surface area contributed by atoms with Crippen molar-refractivity contribution in [3.63, 3.8) is 0 Å². The Balaban J connectivity index is 2.19. The number of hydrogen-bond donors (Lipinski definition) is 1. The highest BCUT2D eigenvalue weighted by molar-refractivity contribution is 5.21. The average Bonchev–Trinajstić information content (AvgIpc) is 2.76. The second-order valence-electron chi connectivity index (χ2n) is 3.83. The molecule has 0 atom stereocenters. The zero-order valence-corrected chi connectivity index (χ0v) is 9.35. The van der Waals surface area contributed by atoms with Gasteiger partial charge in [-0.1, -0.05) is 0 Å². The van der Waals surface area contributed by atoms with E-state index in [1.54, 1.807) is 12.4 Å². The minimum absolute atomic E-state index is 0.233. The van der Waals surface area contributed by atoms with Crippen LogP contribution in [-0.4, -0.2) is 14.8 Å². The van der Waals surface area contributed by atoms with Crippen LogP contribution in [0, 0.1) is 0 Å². The quantitative estimate of drug-likeness (QED) is 0.911. The summed E-state index contributed by atoms with van der Waals surface area (Å²) in [7, 11) is 0. The summed E-state index contributed by atoms with van der Waals surface area (Å²) in [5, 5.41) is 4.00. The van der Waals surface area contributed by atoms with Crippen molar-refractivity contribution in [1.82, 2.24) is 14.8 Å². The van der Waals surface area contributed by atoms with E-state index in [9.17, 15) is 13.2 Å². The second kappa shape index (κ2) is 4.77. The monoisotopic (exact) mass is 256 g/mol. The molecule has 2 rings (SSSR count). The summed E-state index contributed by atoms with van der Waals surface area (Å²) in [6, 6.07) is 1.07. The normalized spacial score (nSPS) is 11.8. The van der Waals surface area contributed by atoms with Crippen molar-refractivity contribution >= 4 is 0 Å². The van der Waals surface area contributed by atoms with E-state index >= 15 is 0 Å². The van der Waals surface area contributed by atoms with Gasteiger partial charge in [-0.15, -0.1) is 0 Å². The zero-order valence-electron chi connectivity index (χ0n) is 9.35. The van der Waals surface area contributed by atoms with Gasteiger partial charge in [0.05, 0.1) is 18.3 Å². The molecule has 7 heteroatoms. The summed E-state index contributed by atoms with van der Waals surface area (Å²) in [4.78, 5) is 3.59. The molecule has 0 radical (unpaired) electrons. The van der Waals surface area contributed by atoms with Crippen LogP contribution in [0.3, 0.4) is 0 Å². The Labute approximate surface area is 101 Å². The lowest BCUT2D eigenvalue weighted by molar-refractivity contribution is -0.137. The van der Waals surface area contributed by atoms with Crippen LogP contribution in [0.4, 0.5) is 13.2 Å². The number of aromatic nitrogens is 3. The van der Waals surface area contributed by atoms with Crippen LogP contribution in [0.25, 0.3) is 0 Å². The average molecular weight is 256 g/mol. The van der Waals surface area contributed by atoms with Crippen molar-refractivity contribution in [2.75, 3.05) is 0 Å². The number of pyridine rings is 1. The number of nitrogens with two attached hydrogens (primary N) is 1. The number of nitrogens with zero attached hydrogens (tertiary/aromatic N) is 3. The topological polar surface area (TPSA) is 56.7 Å². The van der Waals surface area contributed by atoms with E-state index in [-0.39, 0.29) is 6.54 Å². The van der Waals surface area contributed by atoms with Gasteiger partial charge in [0.2, 0.25) is 0 Å². The molecule has 2 N–H and O–H groups in total. The molecule has 2 aromatic heterocycles. The molecule has 2 heterocycles. The summed E-state index contributed by atoms with van der Waals surface area (Å²) < 4.78 is 39.0. The second-order valence-corrected chi connectivity index (χ2v) is 3.83. The van der Waals surface area contributed by atoms with E-state index in [0.29, 0.717) is 12.1 Å². The standard InChI is InChI=1S/C11H11F3N4/c12-11(13,14)10-1-8(3-16-5-10)6-18-7-9(2-15)4-17-18/h1,3-5,7H,2,6,15H2. The third-order valence-electron chi connectivity index (χ3n) is 2.39. The van der Waals surface area contributed by atoms with Crippen molar-refractivity contribution in [3.8, 4) is 0 Å². The van der Waals surface area contributed by atoms with Crippen LogP contribution in [0.15, 0.2) is 30.9 Å². The molecule has 0 aromatic carbocycles. The van der Waals surface area contributed by atoms with Gasteiger partial charge in [-0.25, -0.2) is 0 Å². The Morgan fingerprint density at radius 3 is 2.56 bits per heavy atom. The van der Waals surface area contributed by atoms with Gasteiger partial charge in [0.15, 0.2) is 0 Å². The summed E-state index contributed by atoms with van der Waals surface area (Å²) in [5.41, 5.74) is 5.94. The zero-order chi connectivity index (χ0) is 13.2. The molecule has 0 amide bonds. The van der Waals surface area contributed by atoms with Crippen molar-refractivity contribution in [2.24, 2.45) is 5.73 Å². The molecule has 0 unspecified atom stereocenters. The molecule has 0 aliphatic heterocycles. The van der Waals surface area contributed by atoms with Gasteiger partial charge in [-0.3, -0.25) is 9.67 Å². The Hall–Kier alpha value is -1.89. The van der Waals surface area contributed by atoms with Crippen molar-refractivity contribution < 1.29 is 13.2 Å². The summed E-state index contributed by atoms with van der Waals surface area (Å²) >= 11 is 0. The molecule has 4 nitrogen and oxygen atoms in total. The molecule has 0 fully saturated rings. The molecule has 0 saturated heterocycles. The molecule has 2 aromatic rings. The number of alkyl halides is 3. The number of hydrogen-bond acceptors (Lipinski definition) is 3. The predicted molar refractivity (Wildman–Crippen MR) is 58.5 cm³/mol. The molecule has 0 aliphatic rings. The molecule has 0 spiro atoms. The van der Waals surface area contributed by atoms with Crippen LogP contribution in [0.2, 0.25) is 0 Å². The van der Waals surface area contributed by atoms with E-state index in [4.69, 9.17) is 5.73 Å². The highest BCUT2D eigenvalue weighted by atomic mass is 19.4. The van der Waals surface area contributed by atoms with E-state index in [1.807, 2.05) is 0 Å². The van der Waals surface area contributed by atoms with Crippen LogP contribution in [-0.2, 0) is 19.3 Å². The van der Waals surface area contributed by atoms with Crippen LogP contribution in [0.1, 0.15) is 16.7 Å². The summed E-state index contributed by atoms with van der Waals surface area (Å²) in [6.07, 6.45) is 1.09. The van der Waals surface area contributed by atoms with Gasteiger partial charge in [0, 0.05) is 30.7 Å². The molecular formula is C11H11F3N4. The summed E-state index contributed by atoms with van der Waals surface area (Å²) in [6.45, 7) is 0.581. The lowest BCUT2D eigenvalue weighted by atomic mass is 10.2. The van der Waals surface area contributed by atoms with Crippen LogP contribution >= 0.6 is 0 Å². The van der Waals surface area contributed by atoms with Gasteiger partial charge in [-0.2, -0.15) is 18.3 Å². The first-order chi connectivity index (χ1) is 8.49. The van der Waals surface area contributed by atoms with Crippen molar-refractivity contribution in [3.05, 3.63) is 47.5 Å². The van der Waals surface area contributed by atoms with E-state index in [1.165, 1.54) is 10.9 Å². The Kier molecular flexibility index (Phi) is 3.33. The first-order valence-corrected chi connectivity index (χ1v) is 5.21. The van der Waals surface area contributed by atoms with Crippen LogP contribution < -0.4 is 5.73 Å². The van der Waals surface area contributed by atoms with Gasteiger partial charge in [-0.05, 0) is 11.6 Å². The lowest BCUT2D eigenvalue weighted by Crippen LogP contribution is -2.08. The summed E-state index contributed by atoms with van der Waals surface area (Å²) in [5.74, 6) is 0. The molecule has 96 valence electrons. The minimum atomic E-state index is -4.38. The lowest BCUT2D eigenvalue weighted by Gasteiger charge is -2.08. The maximum Gasteiger partial charge on any atom is 0.417 e. The molecule has 0 aliphatic carbocycles. The SMILES string of the molecule is NCc1cnn(Cc2cncc(C(F)(F)F)c2)c1. The first kappa shape index (κ1) is 12.6. The van der Waals surface area contributed by atoms with Crippen molar-refractivity contribution in [1.29, 1.82) is 0 Å². The van der Waals surface area contributed by atoms with E-state index in [0.717, 1.165) is 17.8 Å². The third kappa shape index (κ3) is 2.86. The fourth-order valence-corrected chi connectivity index (χ4v) is 1.51. The molecule has 18 heavy (non-hydrogen) atoms. The number of halogens is 3. The highest BCUT2D eigenvalue weighted by Gasteiger charge is 2.30. The molecule has 0 saturated carbocycles. The first-order valence-electron chi connectivity index (χ1n) is 5.21. The Bertz CT molecular complexity index is 533. The predicted octanol–water partition coefficient (Wildman–Crippen LogP) is 1.80. The van der Waals surface area contributed by atoms with E-state index < -0.39 is 11.7 Å². The minimum Gasteiger partial charge on any atom is -0.326 e. The fourth-order valence-electron chi connectivity index (χ4n) is 1.51. The van der Waals surface area contributed by atoms with Gasteiger partial charge >= 0.3 is 6.18 Å². The maximum atomic E-state index is 12.5. The smallest absolute Gasteiger partial charge is 0.326 e. The van der Waals surface area contributed by atoms with Gasteiger partial charge in [0.1, 0.15) is 0 Å². The molecule has 0 bridgehead atoms. The number of rotatable bonds is 3. The van der Waals surface area contributed by atoms with E-state index in [2.05, 4.69) is 10.1 Å². The van der Waals surface area contributed by atoms with Crippen LogP contribution in [0.5, 0.6) is 0 Å². The van der Waals surface area contributed by atoms with Crippen molar-refractivity contribution in [2.45, 2.75) is 19.3 Å². The molecular weight excluding hydrogens is 245 g/mol. The Morgan fingerprint density at radius 1 is 1.17 bits per heavy atom. The maximum absolute atomic E-state index is 12.5. The Morgan fingerprint density at radius 2 is 1.94 bits per heavy atom. The largest absolute Gasteiger partial charge is 0.417 e. The fraction of sp³-hybridized carbons (Fsp3) is 0.273.